The van der Waals surface area contributed by atoms with Crippen molar-refractivity contribution >= 4 is 23.5 Å². The lowest BCUT2D eigenvalue weighted by molar-refractivity contribution is -0.163. The Balaban J connectivity index is 1.32. The second-order valence-corrected chi connectivity index (χ2v) is 11.3. The lowest BCUT2D eigenvalue weighted by Gasteiger charge is -2.52. The maximum absolute atomic E-state index is 15.1. The molecule has 2 aromatic carbocycles. The zero-order valence-electron chi connectivity index (χ0n) is 24.8. The van der Waals surface area contributed by atoms with Crippen LogP contribution >= 0.6 is 0 Å². The molecule has 4 amide bonds. The first kappa shape index (κ1) is 30.1. The van der Waals surface area contributed by atoms with Crippen LogP contribution in [0.5, 0.6) is 0 Å². The summed E-state index contributed by atoms with van der Waals surface area (Å²) in [6.45, 7) is 3.41. The number of hydrogen-bond acceptors (Lipinski definition) is 6. The van der Waals surface area contributed by atoms with Crippen LogP contribution in [0.3, 0.4) is 0 Å². The maximum Gasteiger partial charge on any atom is 0.321 e. The molecule has 0 radical (unpaired) electrons. The number of fused-ring (bicyclic) bond motifs is 2. The number of carbonyl (C=O) groups is 3. The largest absolute Gasteiger partial charge is 0.377 e. The number of aromatic nitrogens is 2. The molecule has 11 nitrogen and oxygen atoms in total. The Morgan fingerprint density at radius 3 is 2.21 bits per heavy atom. The third kappa shape index (κ3) is 5.69. The number of carbonyl (C=O) groups excluding carboxylic acids is 3. The highest BCUT2D eigenvalue weighted by atomic mass is 19.1. The normalized spacial score (nSPS) is 15.4. The fourth-order valence-corrected chi connectivity index (χ4v) is 5.51. The van der Waals surface area contributed by atoms with Crippen LogP contribution in [0.25, 0.3) is 0 Å². The number of nitrogens with zero attached hydrogens (tertiary/aromatic N) is 5. The molecule has 0 saturated carbocycles. The molecule has 0 unspecified atom stereocenters. The minimum Gasteiger partial charge on any atom is -0.377 e. The van der Waals surface area contributed by atoms with Gasteiger partial charge in [0.05, 0.1) is 24.6 Å². The van der Waals surface area contributed by atoms with Crippen LogP contribution in [0.2, 0.25) is 0 Å². The van der Waals surface area contributed by atoms with E-state index >= 15 is 8.78 Å². The fraction of sp³-hybridized carbons (Fsp3) is 0.400. The molecule has 2 aliphatic heterocycles. The van der Waals surface area contributed by atoms with Crippen LogP contribution in [0.4, 0.5) is 19.3 Å². The molecule has 3 aromatic rings. The van der Waals surface area contributed by atoms with Gasteiger partial charge in [0.2, 0.25) is 0 Å². The van der Waals surface area contributed by atoms with Crippen LogP contribution in [0.1, 0.15) is 43.5 Å². The van der Waals surface area contributed by atoms with E-state index in [2.05, 4.69) is 15.6 Å². The number of amides is 4. The van der Waals surface area contributed by atoms with Gasteiger partial charge in [-0.25, -0.2) is 18.6 Å². The number of ether oxygens (including phenoxy) is 1. The number of urea groups is 1. The predicted octanol–water partition coefficient (Wildman–Crippen LogP) is 2.94. The Kier molecular flexibility index (Phi) is 8.21. The number of nitrogens with one attached hydrogen (secondary N) is 2. The van der Waals surface area contributed by atoms with Crippen LogP contribution < -0.4 is 10.6 Å². The fourth-order valence-electron chi connectivity index (χ4n) is 5.51. The summed E-state index contributed by atoms with van der Waals surface area (Å²) in [7, 11) is 6.35. The molecule has 2 N–H and O–H groups in total. The van der Waals surface area contributed by atoms with E-state index in [0.29, 0.717) is 24.5 Å². The van der Waals surface area contributed by atoms with Crippen molar-refractivity contribution in [1.29, 1.82) is 0 Å². The predicted molar refractivity (Wildman–Crippen MR) is 155 cm³/mol. The molecule has 1 aromatic heterocycles. The Morgan fingerprint density at radius 2 is 1.65 bits per heavy atom. The SMILES string of the molecule is Cc1nc(C(=O)NCc2ccc(NC(=O)N(C)C)cc2)n2c1C1(COC1)N(Cc1c(F)cc(C(=O)N(C)C)cc1F)CC2. The summed E-state index contributed by atoms with van der Waals surface area (Å²) in [5.41, 5.74) is 2.04. The zero-order valence-corrected chi connectivity index (χ0v) is 24.8. The van der Waals surface area contributed by atoms with Crippen molar-refractivity contribution in [2.24, 2.45) is 0 Å². The van der Waals surface area contributed by atoms with E-state index in [1.165, 1.54) is 23.9 Å². The first-order valence-electron chi connectivity index (χ1n) is 13.9. The van der Waals surface area contributed by atoms with Crippen molar-refractivity contribution in [2.75, 3.05) is 53.3 Å². The van der Waals surface area contributed by atoms with Gasteiger partial charge in [0.1, 0.15) is 17.2 Å². The topological polar surface area (TPSA) is 112 Å². The van der Waals surface area contributed by atoms with E-state index in [9.17, 15) is 14.4 Å². The van der Waals surface area contributed by atoms with Gasteiger partial charge in [-0.15, -0.1) is 0 Å². The first-order chi connectivity index (χ1) is 20.4. The van der Waals surface area contributed by atoms with E-state index in [0.717, 1.165) is 23.4 Å². The number of benzene rings is 2. The number of anilines is 1. The van der Waals surface area contributed by atoms with Crippen molar-refractivity contribution < 1.29 is 27.9 Å². The third-order valence-corrected chi connectivity index (χ3v) is 7.87. The van der Waals surface area contributed by atoms with E-state index in [-0.39, 0.29) is 55.2 Å². The van der Waals surface area contributed by atoms with E-state index in [4.69, 9.17) is 4.74 Å². The molecule has 1 saturated heterocycles. The summed E-state index contributed by atoms with van der Waals surface area (Å²) in [5.74, 6) is -2.14. The van der Waals surface area contributed by atoms with E-state index in [1.54, 1.807) is 26.2 Å². The highest BCUT2D eigenvalue weighted by Crippen LogP contribution is 2.42. The quantitative estimate of drug-likeness (QED) is 0.435. The first-order valence-corrected chi connectivity index (χ1v) is 13.9. The van der Waals surface area contributed by atoms with Crippen molar-refractivity contribution in [3.8, 4) is 0 Å². The molecule has 228 valence electrons. The zero-order chi connectivity index (χ0) is 31.1. The summed E-state index contributed by atoms with van der Waals surface area (Å²) in [5, 5.41) is 5.68. The van der Waals surface area contributed by atoms with Crippen molar-refractivity contribution in [3.63, 3.8) is 0 Å². The van der Waals surface area contributed by atoms with Crippen molar-refractivity contribution in [1.82, 2.24) is 29.6 Å². The Morgan fingerprint density at radius 1 is 1.00 bits per heavy atom. The van der Waals surface area contributed by atoms with Gasteiger partial charge in [-0.1, -0.05) is 12.1 Å². The molecule has 43 heavy (non-hydrogen) atoms. The molecule has 13 heteroatoms. The molecule has 1 spiro atoms. The number of imidazole rings is 1. The van der Waals surface area contributed by atoms with Gasteiger partial charge in [-0.05, 0) is 36.8 Å². The standard InChI is InChI=1S/C30H35F2N7O4/c1-18-25-30(16-43-17-30)38(15-22-23(31)12-20(13-24(22)32)28(41)36(2)3)10-11-39(25)26(34-18)27(40)33-14-19-6-8-21(9-7-19)35-29(42)37(4)5/h6-9,12-13H,10-11,14-17H2,1-5H3,(H,33,40)(H,35,42). The molecule has 2 aliphatic rings. The summed E-state index contributed by atoms with van der Waals surface area (Å²) in [6, 6.07) is 9.06. The highest BCUT2D eigenvalue weighted by Gasteiger charge is 2.52. The molecule has 3 heterocycles. The van der Waals surface area contributed by atoms with Gasteiger partial charge in [0, 0.05) is 71.2 Å². The lowest BCUT2D eigenvalue weighted by Crippen LogP contribution is -2.63. The van der Waals surface area contributed by atoms with Gasteiger partial charge in [-0.3, -0.25) is 14.5 Å². The Bertz CT molecular complexity index is 1540. The van der Waals surface area contributed by atoms with Crippen molar-refractivity contribution in [3.05, 3.63) is 81.9 Å². The number of aryl methyl sites for hydroxylation is 1. The molecule has 1 fully saturated rings. The lowest BCUT2D eigenvalue weighted by atomic mass is 9.86. The van der Waals surface area contributed by atoms with Crippen LogP contribution in [0.15, 0.2) is 36.4 Å². The van der Waals surface area contributed by atoms with Crippen LogP contribution in [0, 0.1) is 18.6 Å². The minimum atomic E-state index is -0.787. The summed E-state index contributed by atoms with van der Waals surface area (Å²) < 4.78 is 37.7. The van der Waals surface area contributed by atoms with Gasteiger partial charge in [0.15, 0.2) is 5.82 Å². The molecule has 0 bridgehead atoms. The van der Waals surface area contributed by atoms with E-state index in [1.807, 2.05) is 28.5 Å². The molecular formula is C30H35F2N7O4. The van der Waals surface area contributed by atoms with Gasteiger partial charge in [-0.2, -0.15) is 0 Å². The number of rotatable bonds is 7. The minimum absolute atomic E-state index is 0.0331. The average Bonchev–Trinajstić information content (AvgIpc) is 3.29. The summed E-state index contributed by atoms with van der Waals surface area (Å²) in [4.78, 5) is 46.6. The third-order valence-electron chi connectivity index (χ3n) is 7.87. The van der Waals surface area contributed by atoms with Crippen molar-refractivity contribution in [2.45, 2.75) is 32.1 Å². The smallest absolute Gasteiger partial charge is 0.321 e. The van der Waals surface area contributed by atoms with Crippen LogP contribution in [-0.4, -0.2) is 90.0 Å². The van der Waals surface area contributed by atoms with Crippen LogP contribution in [-0.2, 0) is 29.9 Å². The Labute approximate surface area is 248 Å². The summed E-state index contributed by atoms with van der Waals surface area (Å²) >= 11 is 0. The van der Waals surface area contributed by atoms with Gasteiger partial charge >= 0.3 is 6.03 Å². The average molecular weight is 596 g/mol. The number of hydrogen-bond donors (Lipinski definition) is 2. The summed E-state index contributed by atoms with van der Waals surface area (Å²) in [6.07, 6.45) is 0. The maximum atomic E-state index is 15.1. The number of halogens is 2. The second-order valence-electron chi connectivity index (χ2n) is 11.3. The van der Waals surface area contributed by atoms with Gasteiger partial charge < -0.3 is 29.7 Å². The molecule has 0 aliphatic carbocycles. The Hall–Kier alpha value is -4.36. The second kappa shape index (κ2) is 11.7. The molecule has 0 atom stereocenters. The molecule has 5 rings (SSSR count). The van der Waals surface area contributed by atoms with E-state index < -0.39 is 23.1 Å². The molecular weight excluding hydrogens is 560 g/mol. The monoisotopic (exact) mass is 595 g/mol. The van der Waals surface area contributed by atoms with Gasteiger partial charge in [0.25, 0.3) is 11.8 Å². The highest BCUT2D eigenvalue weighted by molar-refractivity contribution is 5.94.